The van der Waals surface area contributed by atoms with Gasteiger partial charge in [0.25, 0.3) is 0 Å². The second-order valence-electron chi connectivity index (χ2n) is 5.08. The highest BCUT2D eigenvalue weighted by atomic mass is 16.5. The molecule has 0 aliphatic carbocycles. The molecule has 1 aliphatic rings. The van der Waals surface area contributed by atoms with Crippen LogP contribution in [0.15, 0.2) is 18.2 Å². The third-order valence-corrected chi connectivity index (χ3v) is 2.77. The van der Waals surface area contributed by atoms with E-state index in [0.29, 0.717) is 13.0 Å². The smallest absolute Gasteiger partial charge is 0.165 e. The van der Waals surface area contributed by atoms with E-state index in [9.17, 15) is 4.79 Å². The molecule has 17 heavy (non-hydrogen) atoms. The normalized spacial score (nSPS) is 16.2. The maximum atomic E-state index is 10.9. The van der Waals surface area contributed by atoms with Crippen LogP contribution in [0.5, 0.6) is 11.5 Å². The second-order valence-corrected chi connectivity index (χ2v) is 5.08. The molecule has 0 N–H and O–H groups in total. The van der Waals surface area contributed by atoms with E-state index in [-0.39, 0.29) is 11.4 Å². The minimum atomic E-state index is -0.164. The molecule has 1 heterocycles. The lowest BCUT2D eigenvalue weighted by molar-refractivity contribution is -0.117. The van der Waals surface area contributed by atoms with Crippen molar-refractivity contribution in [3.8, 4) is 11.5 Å². The summed E-state index contributed by atoms with van der Waals surface area (Å²) in [6.45, 7) is 6.10. The van der Waals surface area contributed by atoms with Crippen LogP contribution in [0.3, 0.4) is 0 Å². The van der Waals surface area contributed by atoms with Crippen LogP contribution >= 0.6 is 0 Å². The molecule has 0 amide bonds. The fraction of sp³-hybridized carbons (Fsp3) is 0.500. The van der Waals surface area contributed by atoms with Gasteiger partial charge in [-0.1, -0.05) is 12.1 Å². The highest BCUT2D eigenvalue weighted by molar-refractivity contribution is 5.75. The van der Waals surface area contributed by atoms with Crippen LogP contribution in [0.25, 0.3) is 0 Å². The summed E-state index contributed by atoms with van der Waals surface area (Å²) in [6, 6.07) is 5.91. The lowest BCUT2D eigenvalue weighted by Crippen LogP contribution is -2.24. The molecular weight excluding hydrogens is 216 g/mol. The molecule has 0 spiro atoms. The summed E-state index contributed by atoms with van der Waals surface area (Å²) in [5.41, 5.74) is 1.01. The van der Waals surface area contributed by atoms with Crippen molar-refractivity contribution in [2.75, 3.05) is 6.61 Å². The standard InChI is InChI=1S/C14H18O3/c1-10(15)7-8-16-12-6-4-5-11-9-14(2,3)17-13(11)12/h4-6H,7-9H2,1-3H3. The average Bonchev–Trinajstić information content (AvgIpc) is 2.52. The quantitative estimate of drug-likeness (QED) is 0.803. The number of fused-ring (bicyclic) bond motifs is 1. The van der Waals surface area contributed by atoms with Crippen molar-refractivity contribution in [2.45, 2.75) is 39.2 Å². The van der Waals surface area contributed by atoms with E-state index in [1.807, 2.05) is 12.1 Å². The largest absolute Gasteiger partial charge is 0.489 e. The van der Waals surface area contributed by atoms with Crippen LogP contribution in [0.4, 0.5) is 0 Å². The molecule has 0 atom stereocenters. The monoisotopic (exact) mass is 234 g/mol. The topological polar surface area (TPSA) is 35.5 Å². The first-order chi connectivity index (χ1) is 7.98. The van der Waals surface area contributed by atoms with Crippen LogP contribution in [0, 0.1) is 0 Å². The van der Waals surface area contributed by atoms with E-state index in [1.54, 1.807) is 6.92 Å². The van der Waals surface area contributed by atoms with Gasteiger partial charge < -0.3 is 9.47 Å². The van der Waals surface area contributed by atoms with Crippen molar-refractivity contribution < 1.29 is 14.3 Å². The second kappa shape index (κ2) is 4.40. The number of ether oxygens (including phenoxy) is 2. The Morgan fingerprint density at radius 3 is 2.94 bits per heavy atom. The molecule has 0 aromatic heterocycles. The molecule has 1 aliphatic heterocycles. The van der Waals surface area contributed by atoms with Gasteiger partial charge in [-0.15, -0.1) is 0 Å². The van der Waals surface area contributed by atoms with Crippen molar-refractivity contribution in [3.63, 3.8) is 0 Å². The van der Waals surface area contributed by atoms with Gasteiger partial charge in [-0.25, -0.2) is 0 Å². The maximum Gasteiger partial charge on any atom is 0.165 e. The first-order valence-electron chi connectivity index (χ1n) is 5.91. The Hall–Kier alpha value is -1.51. The SMILES string of the molecule is CC(=O)CCOc1cccc2c1OC(C)(C)C2. The van der Waals surface area contributed by atoms with Crippen molar-refractivity contribution in [1.29, 1.82) is 0 Å². The van der Waals surface area contributed by atoms with Crippen molar-refractivity contribution in [3.05, 3.63) is 23.8 Å². The summed E-state index contributed by atoms with van der Waals surface area (Å²) in [5, 5.41) is 0. The van der Waals surface area contributed by atoms with Crippen LogP contribution < -0.4 is 9.47 Å². The number of hydrogen-bond acceptors (Lipinski definition) is 3. The first-order valence-corrected chi connectivity index (χ1v) is 5.91. The molecule has 1 aromatic carbocycles. The van der Waals surface area contributed by atoms with Gasteiger partial charge >= 0.3 is 0 Å². The van der Waals surface area contributed by atoms with Crippen molar-refractivity contribution >= 4 is 5.78 Å². The Kier molecular flexibility index (Phi) is 3.09. The molecule has 3 nitrogen and oxygen atoms in total. The number of rotatable bonds is 4. The summed E-state index contributed by atoms with van der Waals surface area (Å²) >= 11 is 0. The molecule has 0 radical (unpaired) electrons. The summed E-state index contributed by atoms with van der Waals surface area (Å²) < 4.78 is 11.5. The molecule has 1 aromatic rings. The van der Waals surface area contributed by atoms with Crippen LogP contribution in [-0.4, -0.2) is 18.0 Å². The molecule has 2 rings (SSSR count). The zero-order valence-corrected chi connectivity index (χ0v) is 10.6. The average molecular weight is 234 g/mol. The van der Waals surface area contributed by atoms with Crippen LogP contribution in [-0.2, 0) is 11.2 Å². The predicted octanol–water partition coefficient (Wildman–Crippen LogP) is 2.76. The lowest BCUT2D eigenvalue weighted by Gasteiger charge is -2.18. The number of carbonyl (C=O) groups is 1. The Morgan fingerprint density at radius 2 is 2.24 bits per heavy atom. The highest BCUT2D eigenvalue weighted by Gasteiger charge is 2.32. The maximum absolute atomic E-state index is 10.9. The Morgan fingerprint density at radius 1 is 1.47 bits per heavy atom. The third kappa shape index (κ3) is 2.78. The molecule has 0 saturated heterocycles. The Bertz CT molecular complexity index is 435. The summed E-state index contributed by atoms with van der Waals surface area (Å²) in [5.74, 6) is 1.72. The highest BCUT2D eigenvalue weighted by Crippen LogP contribution is 2.41. The van der Waals surface area contributed by atoms with E-state index >= 15 is 0 Å². The summed E-state index contributed by atoms with van der Waals surface area (Å²) in [4.78, 5) is 10.9. The number of Topliss-reactive ketones (excluding diaryl/α,β-unsaturated/α-hetero) is 1. The molecule has 0 unspecified atom stereocenters. The fourth-order valence-corrected chi connectivity index (χ4v) is 2.01. The van der Waals surface area contributed by atoms with Gasteiger partial charge in [0.1, 0.15) is 11.4 Å². The number of ketones is 1. The van der Waals surface area contributed by atoms with E-state index < -0.39 is 0 Å². The Labute approximate surface area is 102 Å². The zero-order chi connectivity index (χ0) is 12.5. The summed E-state index contributed by atoms with van der Waals surface area (Å²) in [7, 11) is 0. The van der Waals surface area contributed by atoms with E-state index in [4.69, 9.17) is 9.47 Å². The Balaban J connectivity index is 2.10. The predicted molar refractivity (Wildman–Crippen MR) is 65.6 cm³/mol. The van der Waals surface area contributed by atoms with Gasteiger partial charge in [-0.3, -0.25) is 4.79 Å². The molecule has 3 heteroatoms. The van der Waals surface area contributed by atoms with Gasteiger partial charge in [-0.05, 0) is 26.8 Å². The van der Waals surface area contributed by atoms with Gasteiger partial charge in [-0.2, -0.15) is 0 Å². The molecule has 92 valence electrons. The first kappa shape index (κ1) is 12.0. The van der Waals surface area contributed by atoms with Gasteiger partial charge in [0.05, 0.1) is 6.61 Å². The van der Waals surface area contributed by atoms with E-state index in [2.05, 4.69) is 19.9 Å². The minimum Gasteiger partial charge on any atom is -0.489 e. The lowest BCUT2D eigenvalue weighted by atomic mass is 10.0. The van der Waals surface area contributed by atoms with Gasteiger partial charge in [0.2, 0.25) is 0 Å². The third-order valence-electron chi connectivity index (χ3n) is 2.77. The molecule has 0 bridgehead atoms. The van der Waals surface area contributed by atoms with Crippen LogP contribution in [0.2, 0.25) is 0 Å². The number of carbonyl (C=O) groups excluding carboxylic acids is 1. The molecule has 0 saturated carbocycles. The van der Waals surface area contributed by atoms with Crippen molar-refractivity contribution in [2.24, 2.45) is 0 Å². The van der Waals surface area contributed by atoms with Crippen LogP contribution in [0.1, 0.15) is 32.8 Å². The number of benzene rings is 1. The van der Waals surface area contributed by atoms with Gasteiger partial charge in [0, 0.05) is 18.4 Å². The van der Waals surface area contributed by atoms with Gasteiger partial charge in [0.15, 0.2) is 11.5 Å². The van der Waals surface area contributed by atoms with Crippen molar-refractivity contribution in [1.82, 2.24) is 0 Å². The zero-order valence-electron chi connectivity index (χ0n) is 10.6. The molecular formula is C14H18O3. The van der Waals surface area contributed by atoms with E-state index in [1.165, 1.54) is 5.56 Å². The molecule has 0 fully saturated rings. The summed E-state index contributed by atoms with van der Waals surface area (Å²) in [6.07, 6.45) is 1.33. The number of para-hydroxylation sites is 1. The number of hydrogen-bond donors (Lipinski definition) is 0. The van der Waals surface area contributed by atoms with E-state index in [0.717, 1.165) is 17.9 Å². The minimum absolute atomic E-state index is 0.138. The fourth-order valence-electron chi connectivity index (χ4n) is 2.01.